The van der Waals surface area contributed by atoms with Gasteiger partial charge in [-0.25, -0.2) is 4.99 Å². The van der Waals surface area contributed by atoms with Gasteiger partial charge in [0.1, 0.15) is 0 Å². The molecule has 2 aliphatic rings. The Morgan fingerprint density at radius 1 is 1.13 bits per heavy atom. The average Bonchev–Trinajstić information content (AvgIpc) is 3.41. The number of anilines is 1. The van der Waals surface area contributed by atoms with Crippen LogP contribution in [0.4, 0.5) is 5.69 Å². The van der Waals surface area contributed by atoms with Gasteiger partial charge in [0.05, 0.1) is 6.54 Å². The molecule has 0 aliphatic carbocycles. The predicted octanol–water partition coefficient (Wildman–Crippen LogP) is 3.61. The first kappa shape index (κ1) is 24.0. The van der Waals surface area contributed by atoms with Crippen molar-refractivity contribution in [1.29, 1.82) is 0 Å². The molecule has 3 heterocycles. The fraction of sp³-hybridized carbons (Fsp3) is 0.478. The zero-order valence-electron chi connectivity index (χ0n) is 18.1. The van der Waals surface area contributed by atoms with Gasteiger partial charge in [-0.2, -0.15) is 0 Å². The lowest BCUT2D eigenvalue weighted by Gasteiger charge is -2.27. The number of aliphatic imine (C=N–C) groups is 1. The van der Waals surface area contributed by atoms with Crippen LogP contribution in [0.5, 0.6) is 0 Å². The molecule has 1 aromatic heterocycles. The molecule has 1 amide bonds. The fourth-order valence-corrected chi connectivity index (χ4v) is 4.93. The lowest BCUT2D eigenvalue weighted by atomic mass is 10.1. The molecule has 0 spiro atoms. The summed E-state index contributed by atoms with van der Waals surface area (Å²) in [5.41, 5.74) is 3.63. The highest BCUT2D eigenvalue weighted by Gasteiger charge is 2.21. The molecule has 8 heteroatoms. The highest BCUT2D eigenvalue weighted by molar-refractivity contribution is 14.0. The first-order chi connectivity index (χ1) is 14.7. The van der Waals surface area contributed by atoms with Crippen LogP contribution in [-0.2, 0) is 24.3 Å². The van der Waals surface area contributed by atoms with Crippen LogP contribution in [0, 0.1) is 0 Å². The standard InChI is InChI=1S/C23H31N5OS.HI/c1-2-24-23(25-11-14-27-13-9-21-19(17-27)10-15-30-21)26-16-18-5-7-20(8-6-18)28-12-3-4-22(28)29;/h5-8,10,15H,2-4,9,11-14,16-17H2,1H3,(H2,24,25,26);1H. The third kappa shape index (κ3) is 6.43. The van der Waals surface area contributed by atoms with Crippen molar-refractivity contribution in [3.63, 3.8) is 0 Å². The quantitative estimate of drug-likeness (QED) is 0.313. The van der Waals surface area contributed by atoms with Crippen LogP contribution in [0.25, 0.3) is 0 Å². The second-order valence-electron chi connectivity index (χ2n) is 7.83. The maximum absolute atomic E-state index is 11.9. The van der Waals surface area contributed by atoms with Crippen molar-refractivity contribution in [1.82, 2.24) is 15.5 Å². The van der Waals surface area contributed by atoms with E-state index in [2.05, 4.69) is 46.0 Å². The van der Waals surface area contributed by atoms with Crippen molar-refractivity contribution < 1.29 is 4.79 Å². The Kier molecular flexibility index (Phi) is 9.15. The van der Waals surface area contributed by atoms with E-state index in [4.69, 9.17) is 4.99 Å². The van der Waals surface area contributed by atoms with E-state index >= 15 is 0 Å². The maximum atomic E-state index is 11.9. The summed E-state index contributed by atoms with van der Waals surface area (Å²) in [7, 11) is 0. The van der Waals surface area contributed by atoms with Crippen molar-refractivity contribution in [2.75, 3.05) is 37.6 Å². The summed E-state index contributed by atoms with van der Waals surface area (Å²) in [6.45, 7) is 8.45. The minimum absolute atomic E-state index is 0. The van der Waals surface area contributed by atoms with Crippen molar-refractivity contribution >= 4 is 52.9 Å². The Labute approximate surface area is 206 Å². The first-order valence-corrected chi connectivity index (χ1v) is 11.8. The molecule has 6 nitrogen and oxygen atoms in total. The number of hydrogen-bond acceptors (Lipinski definition) is 4. The number of carbonyl (C=O) groups is 1. The zero-order valence-corrected chi connectivity index (χ0v) is 21.2. The minimum atomic E-state index is 0. The van der Waals surface area contributed by atoms with E-state index in [9.17, 15) is 4.79 Å². The number of nitrogens with one attached hydrogen (secondary N) is 2. The Balaban J connectivity index is 0.00000272. The Morgan fingerprint density at radius 3 is 2.71 bits per heavy atom. The second-order valence-corrected chi connectivity index (χ2v) is 8.83. The van der Waals surface area contributed by atoms with Gasteiger partial charge in [0, 0.05) is 56.3 Å². The summed E-state index contributed by atoms with van der Waals surface area (Å²) in [6.07, 6.45) is 2.78. The Bertz CT molecular complexity index is 882. The van der Waals surface area contributed by atoms with Crippen LogP contribution in [0.2, 0.25) is 0 Å². The van der Waals surface area contributed by atoms with E-state index in [1.165, 1.54) is 12.0 Å². The molecule has 0 atom stereocenters. The number of nitrogens with zero attached hydrogens (tertiary/aromatic N) is 3. The van der Waals surface area contributed by atoms with Gasteiger partial charge in [-0.1, -0.05) is 12.1 Å². The van der Waals surface area contributed by atoms with E-state index in [0.29, 0.717) is 13.0 Å². The van der Waals surface area contributed by atoms with Crippen LogP contribution < -0.4 is 15.5 Å². The number of guanidine groups is 1. The van der Waals surface area contributed by atoms with E-state index in [0.717, 1.165) is 62.9 Å². The summed E-state index contributed by atoms with van der Waals surface area (Å²) in [6, 6.07) is 10.5. The smallest absolute Gasteiger partial charge is 0.227 e. The Morgan fingerprint density at radius 2 is 1.97 bits per heavy atom. The van der Waals surface area contributed by atoms with Crippen LogP contribution in [0.3, 0.4) is 0 Å². The number of amides is 1. The van der Waals surface area contributed by atoms with Gasteiger partial charge in [0.15, 0.2) is 5.96 Å². The number of benzene rings is 1. The molecule has 1 saturated heterocycles. The van der Waals surface area contributed by atoms with Crippen molar-refractivity contribution in [3.05, 3.63) is 51.7 Å². The molecule has 1 aromatic carbocycles. The SMILES string of the molecule is CCNC(=NCc1ccc(N2CCCC2=O)cc1)NCCN1CCc2sccc2C1.I. The Hall–Kier alpha value is -1.65. The summed E-state index contributed by atoms with van der Waals surface area (Å²) < 4.78 is 0. The highest BCUT2D eigenvalue weighted by Crippen LogP contribution is 2.24. The summed E-state index contributed by atoms with van der Waals surface area (Å²) in [4.78, 5) is 22.6. The second kappa shape index (κ2) is 11.8. The van der Waals surface area contributed by atoms with Crippen LogP contribution in [-0.4, -0.2) is 49.5 Å². The molecular weight excluding hydrogens is 521 g/mol. The normalized spacial score (nSPS) is 16.7. The molecule has 0 bridgehead atoms. The number of fused-ring (bicyclic) bond motifs is 1. The molecule has 0 radical (unpaired) electrons. The summed E-state index contributed by atoms with van der Waals surface area (Å²) in [5.74, 6) is 1.08. The topological polar surface area (TPSA) is 60.0 Å². The largest absolute Gasteiger partial charge is 0.357 e. The van der Waals surface area contributed by atoms with Gasteiger partial charge in [0.25, 0.3) is 0 Å². The van der Waals surface area contributed by atoms with E-state index in [-0.39, 0.29) is 29.9 Å². The highest BCUT2D eigenvalue weighted by atomic mass is 127. The van der Waals surface area contributed by atoms with Crippen LogP contribution in [0.1, 0.15) is 35.8 Å². The van der Waals surface area contributed by atoms with Gasteiger partial charge in [-0.3, -0.25) is 9.69 Å². The lowest BCUT2D eigenvalue weighted by Crippen LogP contribution is -2.42. The molecule has 2 aromatic rings. The molecule has 4 rings (SSSR count). The number of hydrogen-bond donors (Lipinski definition) is 2. The van der Waals surface area contributed by atoms with Gasteiger partial charge in [-0.05, 0) is 54.5 Å². The molecule has 31 heavy (non-hydrogen) atoms. The van der Waals surface area contributed by atoms with Crippen molar-refractivity contribution in [2.24, 2.45) is 4.99 Å². The predicted molar refractivity (Wildman–Crippen MR) is 140 cm³/mol. The minimum Gasteiger partial charge on any atom is -0.357 e. The van der Waals surface area contributed by atoms with Gasteiger partial charge in [-0.15, -0.1) is 35.3 Å². The van der Waals surface area contributed by atoms with E-state index in [1.807, 2.05) is 28.4 Å². The molecule has 168 valence electrons. The van der Waals surface area contributed by atoms with Crippen LogP contribution >= 0.6 is 35.3 Å². The lowest BCUT2D eigenvalue weighted by molar-refractivity contribution is -0.117. The van der Waals surface area contributed by atoms with E-state index in [1.54, 1.807) is 4.88 Å². The van der Waals surface area contributed by atoms with Gasteiger partial charge in [0.2, 0.25) is 5.91 Å². The van der Waals surface area contributed by atoms with Crippen molar-refractivity contribution in [2.45, 2.75) is 39.3 Å². The summed E-state index contributed by atoms with van der Waals surface area (Å²) in [5, 5.41) is 9.00. The maximum Gasteiger partial charge on any atom is 0.227 e. The number of carbonyl (C=O) groups excluding carboxylic acids is 1. The number of thiophene rings is 1. The summed E-state index contributed by atoms with van der Waals surface area (Å²) >= 11 is 1.88. The number of rotatable bonds is 7. The van der Waals surface area contributed by atoms with E-state index < -0.39 is 0 Å². The third-order valence-corrected chi connectivity index (χ3v) is 6.72. The molecule has 0 saturated carbocycles. The number of halogens is 1. The molecule has 1 fully saturated rings. The first-order valence-electron chi connectivity index (χ1n) is 10.9. The molecule has 2 aliphatic heterocycles. The van der Waals surface area contributed by atoms with Gasteiger partial charge >= 0.3 is 0 Å². The van der Waals surface area contributed by atoms with Gasteiger partial charge < -0.3 is 15.5 Å². The molecule has 0 unspecified atom stereocenters. The third-order valence-electron chi connectivity index (χ3n) is 5.69. The average molecular weight is 554 g/mol. The molecular formula is C23H32IN5OS. The monoisotopic (exact) mass is 553 g/mol. The van der Waals surface area contributed by atoms with Crippen molar-refractivity contribution in [3.8, 4) is 0 Å². The molecule has 2 N–H and O–H groups in total. The fourth-order valence-electron chi connectivity index (χ4n) is 4.04. The van der Waals surface area contributed by atoms with Crippen LogP contribution in [0.15, 0.2) is 40.7 Å². The zero-order chi connectivity index (χ0) is 20.8.